The number of thiophene rings is 1. The van der Waals surface area contributed by atoms with Crippen molar-refractivity contribution in [2.75, 3.05) is 11.4 Å². The predicted octanol–water partition coefficient (Wildman–Crippen LogP) is 3.45. The molecular weight excluding hydrogens is 310 g/mol. The molecule has 0 aliphatic heterocycles. The van der Waals surface area contributed by atoms with Gasteiger partial charge in [-0.3, -0.25) is 9.59 Å². The minimum absolute atomic E-state index is 0.215. The summed E-state index contributed by atoms with van der Waals surface area (Å²) < 4.78 is 0. The number of aryl methyl sites for hydroxylation is 1. The highest BCUT2D eigenvalue weighted by Gasteiger charge is 2.18. The molecule has 1 N–H and O–H groups in total. The summed E-state index contributed by atoms with van der Waals surface area (Å²) in [6.07, 6.45) is 0.886. The first kappa shape index (κ1) is 15.5. The maximum Gasteiger partial charge on any atom is 0.323 e. The minimum atomic E-state index is -1.05. The highest BCUT2D eigenvalue weighted by Crippen LogP contribution is 2.20. The number of rotatable bonds is 6. The Balaban J connectivity index is 2.09. The number of carbonyl (C=O) groups excluding carboxylic acids is 1. The molecule has 0 saturated carbocycles. The molecule has 2 aromatic rings. The molecule has 4 nitrogen and oxygen atoms in total. The van der Waals surface area contributed by atoms with Gasteiger partial charge in [-0.1, -0.05) is 17.7 Å². The van der Waals surface area contributed by atoms with Crippen LogP contribution in [-0.2, 0) is 16.0 Å². The number of carboxylic acids is 1. The summed E-state index contributed by atoms with van der Waals surface area (Å²) in [7, 11) is 0. The number of halogens is 1. The summed E-state index contributed by atoms with van der Waals surface area (Å²) in [6.45, 7) is -0.356. The zero-order valence-corrected chi connectivity index (χ0v) is 12.7. The quantitative estimate of drug-likeness (QED) is 0.885. The molecule has 0 aliphatic carbocycles. The van der Waals surface area contributed by atoms with Crippen molar-refractivity contribution in [2.24, 2.45) is 0 Å². The van der Waals surface area contributed by atoms with Gasteiger partial charge in [0.15, 0.2) is 0 Å². The summed E-state index contributed by atoms with van der Waals surface area (Å²) in [4.78, 5) is 25.6. The van der Waals surface area contributed by atoms with Crippen LogP contribution in [0.3, 0.4) is 0 Å². The predicted molar refractivity (Wildman–Crippen MR) is 84.1 cm³/mol. The van der Waals surface area contributed by atoms with E-state index in [9.17, 15) is 9.59 Å². The molecule has 0 unspecified atom stereocenters. The average Bonchev–Trinajstić information content (AvgIpc) is 2.96. The van der Waals surface area contributed by atoms with E-state index in [0.29, 0.717) is 17.1 Å². The Kier molecular flexibility index (Phi) is 5.36. The first-order valence-electron chi connectivity index (χ1n) is 6.36. The van der Waals surface area contributed by atoms with Crippen LogP contribution in [0.1, 0.15) is 11.3 Å². The second-order valence-electron chi connectivity index (χ2n) is 4.43. The van der Waals surface area contributed by atoms with Crippen molar-refractivity contribution in [3.05, 3.63) is 51.7 Å². The summed E-state index contributed by atoms with van der Waals surface area (Å²) in [5.74, 6) is -1.26. The third-order valence-corrected chi connectivity index (χ3v) is 4.09. The average molecular weight is 324 g/mol. The Bertz CT molecular complexity index is 610. The number of amides is 1. The van der Waals surface area contributed by atoms with Gasteiger partial charge in [-0.05, 0) is 42.1 Å². The smallest absolute Gasteiger partial charge is 0.323 e. The molecule has 6 heteroatoms. The van der Waals surface area contributed by atoms with Gasteiger partial charge in [-0.15, -0.1) is 11.3 Å². The summed E-state index contributed by atoms with van der Waals surface area (Å²) in [5.41, 5.74) is 0.540. The molecule has 1 amide bonds. The van der Waals surface area contributed by atoms with Crippen molar-refractivity contribution in [1.82, 2.24) is 0 Å². The first-order chi connectivity index (χ1) is 10.1. The monoisotopic (exact) mass is 323 g/mol. The number of aliphatic carboxylic acids is 1. The number of nitrogens with zero attached hydrogens (tertiary/aromatic N) is 1. The zero-order chi connectivity index (χ0) is 15.2. The summed E-state index contributed by atoms with van der Waals surface area (Å²) in [6, 6.07) is 10.5. The molecule has 0 fully saturated rings. The Morgan fingerprint density at radius 1 is 1.19 bits per heavy atom. The Morgan fingerprint density at radius 2 is 1.90 bits per heavy atom. The van der Waals surface area contributed by atoms with Crippen LogP contribution in [0.2, 0.25) is 5.02 Å². The highest BCUT2D eigenvalue weighted by molar-refractivity contribution is 7.09. The zero-order valence-electron chi connectivity index (χ0n) is 11.2. The fourth-order valence-electron chi connectivity index (χ4n) is 1.90. The molecule has 2 rings (SSSR count). The lowest BCUT2D eigenvalue weighted by atomic mass is 10.2. The van der Waals surface area contributed by atoms with Gasteiger partial charge in [0.2, 0.25) is 5.91 Å². The van der Waals surface area contributed by atoms with Crippen molar-refractivity contribution >= 4 is 40.5 Å². The topological polar surface area (TPSA) is 57.6 Å². The number of hydrogen-bond donors (Lipinski definition) is 1. The van der Waals surface area contributed by atoms with Crippen LogP contribution < -0.4 is 4.90 Å². The van der Waals surface area contributed by atoms with Gasteiger partial charge in [0, 0.05) is 22.0 Å². The van der Waals surface area contributed by atoms with Crippen molar-refractivity contribution in [2.45, 2.75) is 12.8 Å². The molecule has 110 valence electrons. The molecule has 21 heavy (non-hydrogen) atoms. The molecule has 0 saturated heterocycles. The van der Waals surface area contributed by atoms with Gasteiger partial charge in [0.1, 0.15) is 6.54 Å². The fourth-order valence-corrected chi connectivity index (χ4v) is 2.73. The van der Waals surface area contributed by atoms with E-state index in [4.69, 9.17) is 16.7 Å². The van der Waals surface area contributed by atoms with Crippen LogP contribution >= 0.6 is 22.9 Å². The van der Waals surface area contributed by atoms with Crippen molar-refractivity contribution in [1.29, 1.82) is 0 Å². The normalized spacial score (nSPS) is 10.3. The maximum absolute atomic E-state index is 12.3. The van der Waals surface area contributed by atoms with Gasteiger partial charge < -0.3 is 10.0 Å². The van der Waals surface area contributed by atoms with Crippen molar-refractivity contribution in [3.63, 3.8) is 0 Å². The molecule has 0 aliphatic rings. The van der Waals surface area contributed by atoms with Gasteiger partial charge in [0.25, 0.3) is 0 Å². The number of hydrogen-bond acceptors (Lipinski definition) is 3. The van der Waals surface area contributed by atoms with Crippen LogP contribution in [0.15, 0.2) is 41.8 Å². The van der Waals surface area contributed by atoms with E-state index in [1.807, 2.05) is 17.5 Å². The molecule has 0 atom stereocenters. The van der Waals surface area contributed by atoms with Gasteiger partial charge in [-0.2, -0.15) is 0 Å². The van der Waals surface area contributed by atoms with E-state index < -0.39 is 5.97 Å². The molecular formula is C15H14ClNO3S. The van der Waals surface area contributed by atoms with Crippen molar-refractivity contribution < 1.29 is 14.7 Å². The number of carboxylic acid groups (broad SMARTS) is 1. The number of carbonyl (C=O) groups is 2. The van der Waals surface area contributed by atoms with Crippen LogP contribution in [0.4, 0.5) is 5.69 Å². The first-order valence-corrected chi connectivity index (χ1v) is 7.62. The number of anilines is 1. The minimum Gasteiger partial charge on any atom is -0.480 e. The largest absolute Gasteiger partial charge is 0.480 e. The second-order valence-corrected chi connectivity index (χ2v) is 5.90. The fraction of sp³-hybridized carbons (Fsp3) is 0.200. The van der Waals surface area contributed by atoms with E-state index in [1.54, 1.807) is 35.6 Å². The maximum atomic E-state index is 12.3. The molecule has 1 aromatic heterocycles. The van der Waals surface area contributed by atoms with Gasteiger partial charge in [0.05, 0.1) is 0 Å². The third kappa shape index (κ3) is 4.58. The van der Waals surface area contributed by atoms with E-state index in [1.165, 1.54) is 4.90 Å². The Labute approximate surface area is 131 Å². The van der Waals surface area contributed by atoms with Crippen LogP contribution in [0.25, 0.3) is 0 Å². The van der Waals surface area contributed by atoms with Crippen LogP contribution in [0, 0.1) is 0 Å². The molecule has 1 aromatic carbocycles. The molecule has 0 radical (unpaired) electrons. The highest BCUT2D eigenvalue weighted by atomic mass is 35.5. The molecule has 0 spiro atoms. The van der Waals surface area contributed by atoms with Gasteiger partial charge in [-0.25, -0.2) is 0 Å². The summed E-state index contributed by atoms with van der Waals surface area (Å²) >= 11 is 7.40. The van der Waals surface area contributed by atoms with Crippen LogP contribution in [0.5, 0.6) is 0 Å². The second kappa shape index (κ2) is 7.24. The lowest BCUT2D eigenvalue weighted by Gasteiger charge is -2.20. The van der Waals surface area contributed by atoms with E-state index in [-0.39, 0.29) is 18.9 Å². The molecule has 1 heterocycles. The Morgan fingerprint density at radius 3 is 2.48 bits per heavy atom. The SMILES string of the molecule is O=C(O)CN(C(=O)CCc1cccs1)c1ccc(Cl)cc1. The van der Waals surface area contributed by atoms with Crippen LogP contribution in [-0.4, -0.2) is 23.5 Å². The summed E-state index contributed by atoms with van der Waals surface area (Å²) in [5, 5.41) is 11.5. The lowest BCUT2D eigenvalue weighted by molar-refractivity contribution is -0.136. The van der Waals surface area contributed by atoms with E-state index in [0.717, 1.165) is 4.88 Å². The van der Waals surface area contributed by atoms with E-state index >= 15 is 0 Å². The molecule has 0 bridgehead atoms. The number of benzene rings is 1. The van der Waals surface area contributed by atoms with Crippen molar-refractivity contribution in [3.8, 4) is 0 Å². The lowest BCUT2D eigenvalue weighted by Crippen LogP contribution is -2.35. The van der Waals surface area contributed by atoms with E-state index in [2.05, 4.69) is 0 Å². The Hall–Kier alpha value is -1.85. The third-order valence-electron chi connectivity index (χ3n) is 2.90. The van der Waals surface area contributed by atoms with Gasteiger partial charge >= 0.3 is 5.97 Å². The standard InChI is InChI=1S/C15H14ClNO3S/c16-11-3-5-12(6-4-11)17(10-15(19)20)14(18)8-7-13-2-1-9-21-13/h1-6,9H,7-8,10H2,(H,19,20).